The van der Waals surface area contributed by atoms with Gasteiger partial charge in [-0.15, -0.1) is 0 Å². The number of rotatable bonds is 8. The molecule has 1 saturated heterocycles. The Balaban J connectivity index is 1.63. The molecule has 1 aliphatic heterocycles. The number of carbonyl (C=O) groups excluding carboxylic acids is 3. The minimum Gasteiger partial charge on any atom is -0.497 e. The Morgan fingerprint density at radius 2 is 1.80 bits per heavy atom. The third-order valence-corrected chi connectivity index (χ3v) is 5.15. The van der Waals surface area contributed by atoms with Gasteiger partial charge in [0, 0.05) is 6.54 Å². The maximum absolute atomic E-state index is 13.0. The van der Waals surface area contributed by atoms with Gasteiger partial charge in [-0.05, 0) is 36.7 Å². The normalized spacial score (nSPS) is 18.5. The fourth-order valence-electron chi connectivity index (χ4n) is 3.54. The van der Waals surface area contributed by atoms with Crippen LogP contribution in [0.4, 0.5) is 4.79 Å². The van der Waals surface area contributed by atoms with E-state index < -0.39 is 23.4 Å². The molecule has 1 heterocycles. The van der Waals surface area contributed by atoms with Gasteiger partial charge in [0.1, 0.15) is 11.3 Å². The molecule has 1 atom stereocenters. The van der Waals surface area contributed by atoms with Crippen molar-refractivity contribution in [3.05, 3.63) is 65.7 Å². The minimum atomic E-state index is -1.18. The highest BCUT2D eigenvalue weighted by atomic mass is 16.5. The monoisotopic (exact) mass is 410 g/mol. The molecule has 30 heavy (non-hydrogen) atoms. The molecule has 1 aliphatic rings. The van der Waals surface area contributed by atoms with Gasteiger partial charge in [-0.25, -0.2) is 4.79 Å². The van der Waals surface area contributed by atoms with Gasteiger partial charge in [-0.1, -0.05) is 49.4 Å². The molecule has 158 valence electrons. The summed E-state index contributed by atoms with van der Waals surface area (Å²) in [5, 5.41) is 3.52. The van der Waals surface area contributed by atoms with Crippen molar-refractivity contribution in [2.45, 2.75) is 25.4 Å². The Bertz CT molecular complexity index is 916. The van der Waals surface area contributed by atoms with E-state index >= 15 is 0 Å². The Kier molecular flexibility index (Phi) is 6.37. The van der Waals surface area contributed by atoms with E-state index in [9.17, 15) is 14.4 Å². The van der Waals surface area contributed by atoms with Crippen LogP contribution in [0.2, 0.25) is 0 Å². The van der Waals surface area contributed by atoms with Crippen LogP contribution in [0.25, 0.3) is 0 Å². The van der Waals surface area contributed by atoms with Crippen molar-refractivity contribution < 1.29 is 19.1 Å². The molecular weight excluding hydrogens is 384 g/mol. The van der Waals surface area contributed by atoms with E-state index in [-0.39, 0.29) is 6.54 Å². The van der Waals surface area contributed by atoms with E-state index in [0.29, 0.717) is 18.5 Å². The third-order valence-electron chi connectivity index (χ3n) is 5.15. The molecule has 8 heteroatoms. The second-order valence-electron chi connectivity index (χ2n) is 7.25. The van der Waals surface area contributed by atoms with Gasteiger partial charge in [0.05, 0.1) is 13.7 Å². The Morgan fingerprint density at radius 3 is 2.40 bits per heavy atom. The van der Waals surface area contributed by atoms with E-state index in [1.54, 1.807) is 31.2 Å². The Morgan fingerprint density at radius 1 is 1.13 bits per heavy atom. The lowest BCUT2D eigenvalue weighted by Gasteiger charge is -2.25. The molecule has 0 aliphatic carbocycles. The number of methoxy groups -OCH3 is 1. The number of urea groups is 1. The molecule has 2 aromatic carbocycles. The van der Waals surface area contributed by atoms with Crippen molar-refractivity contribution in [2.24, 2.45) is 0 Å². The van der Waals surface area contributed by atoms with Crippen LogP contribution in [-0.4, -0.2) is 48.5 Å². The molecule has 3 rings (SSSR count). The zero-order chi connectivity index (χ0) is 21.7. The summed E-state index contributed by atoms with van der Waals surface area (Å²) < 4.78 is 5.14. The lowest BCUT2D eigenvalue weighted by atomic mass is 9.87. The zero-order valence-electron chi connectivity index (χ0n) is 17.3. The minimum absolute atomic E-state index is 0.0214. The highest BCUT2D eigenvalue weighted by molar-refractivity contribution is 6.08. The molecule has 0 saturated carbocycles. The largest absolute Gasteiger partial charge is 0.497 e. The number of benzene rings is 2. The SMILES string of the molecule is CCC1(c2ccccc2)NC(=O)N(NC(=O)CN(C)Cc2ccc(OC)cc2)C1=O. The van der Waals surface area contributed by atoms with Gasteiger partial charge in [0.2, 0.25) is 0 Å². The number of imide groups is 1. The number of nitrogens with zero attached hydrogens (tertiary/aromatic N) is 2. The predicted octanol–water partition coefficient (Wildman–Crippen LogP) is 2.02. The number of hydrogen-bond donors (Lipinski definition) is 2. The van der Waals surface area contributed by atoms with Gasteiger partial charge >= 0.3 is 6.03 Å². The highest BCUT2D eigenvalue weighted by Gasteiger charge is 2.52. The van der Waals surface area contributed by atoms with Crippen LogP contribution < -0.4 is 15.5 Å². The summed E-state index contributed by atoms with van der Waals surface area (Å²) in [5.74, 6) is -0.183. The summed E-state index contributed by atoms with van der Waals surface area (Å²) in [4.78, 5) is 39.8. The maximum atomic E-state index is 13.0. The summed E-state index contributed by atoms with van der Waals surface area (Å²) in [5.41, 5.74) is 2.95. The van der Waals surface area contributed by atoms with E-state index in [0.717, 1.165) is 16.3 Å². The highest BCUT2D eigenvalue weighted by Crippen LogP contribution is 2.31. The quantitative estimate of drug-likeness (QED) is 0.650. The lowest BCUT2D eigenvalue weighted by Crippen LogP contribution is -2.50. The Labute approximate surface area is 175 Å². The molecule has 2 aromatic rings. The molecule has 0 radical (unpaired) electrons. The third kappa shape index (κ3) is 4.28. The predicted molar refractivity (Wildman–Crippen MR) is 111 cm³/mol. The average Bonchev–Trinajstić information content (AvgIpc) is 3.00. The van der Waals surface area contributed by atoms with Gasteiger partial charge in [-0.3, -0.25) is 19.9 Å². The topological polar surface area (TPSA) is 91.0 Å². The number of likely N-dealkylation sites (N-methyl/N-ethyl adjacent to an activating group) is 1. The van der Waals surface area contributed by atoms with Crippen LogP contribution in [0.15, 0.2) is 54.6 Å². The van der Waals surface area contributed by atoms with E-state index in [2.05, 4.69) is 10.7 Å². The van der Waals surface area contributed by atoms with Crippen molar-refractivity contribution in [2.75, 3.05) is 20.7 Å². The first-order valence-electron chi connectivity index (χ1n) is 9.73. The number of hydrazine groups is 1. The molecule has 2 N–H and O–H groups in total. The fourth-order valence-corrected chi connectivity index (χ4v) is 3.54. The molecule has 0 spiro atoms. The van der Waals surface area contributed by atoms with Crippen LogP contribution >= 0.6 is 0 Å². The van der Waals surface area contributed by atoms with Crippen LogP contribution in [0, 0.1) is 0 Å². The fraction of sp³-hybridized carbons (Fsp3) is 0.318. The number of nitrogens with one attached hydrogen (secondary N) is 2. The second-order valence-corrected chi connectivity index (χ2v) is 7.25. The second kappa shape index (κ2) is 8.96. The molecule has 0 bridgehead atoms. The number of carbonyl (C=O) groups is 3. The summed E-state index contributed by atoms with van der Waals surface area (Å²) in [6, 6.07) is 15.9. The van der Waals surface area contributed by atoms with Crippen LogP contribution in [0.1, 0.15) is 24.5 Å². The summed E-state index contributed by atoms with van der Waals surface area (Å²) in [7, 11) is 3.39. The van der Waals surface area contributed by atoms with Gasteiger partial charge in [-0.2, -0.15) is 5.01 Å². The average molecular weight is 410 g/mol. The molecule has 1 unspecified atom stereocenters. The first kappa shape index (κ1) is 21.3. The molecule has 8 nitrogen and oxygen atoms in total. The summed E-state index contributed by atoms with van der Waals surface area (Å²) in [6.07, 6.45) is 0.366. The zero-order valence-corrected chi connectivity index (χ0v) is 17.3. The maximum Gasteiger partial charge on any atom is 0.344 e. The Hall–Kier alpha value is -3.39. The first-order valence-corrected chi connectivity index (χ1v) is 9.73. The number of hydrogen-bond acceptors (Lipinski definition) is 5. The van der Waals surface area contributed by atoms with Gasteiger partial charge in [0.25, 0.3) is 11.8 Å². The lowest BCUT2D eigenvalue weighted by molar-refractivity contribution is -0.139. The van der Waals surface area contributed by atoms with Gasteiger partial charge in [0.15, 0.2) is 0 Å². The van der Waals surface area contributed by atoms with Crippen molar-refractivity contribution in [1.82, 2.24) is 20.7 Å². The van der Waals surface area contributed by atoms with Crippen molar-refractivity contribution in [3.63, 3.8) is 0 Å². The van der Waals surface area contributed by atoms with Gasteiger partial charge < -0.3 is 10.1 Å². The van der Waals surface area contributed by atoms with Crippen LogP contribution in [0.3, 0.4) is 0 Å². The molecule has 1 fully saturated rings. The number of amides is 4. The molecule has 4 amide bonds. The first-order chi connectivity index (χ1) is 14.4. The van der Waals surface area contributed by atoms with Crippen molar-refractivity contribution in [1.29, 1.82) is 0 Å². The van der Waals surface area contributed by atoms with E-state index in [1.807, 2.05) is 49.4 Å². The summed E-state index contributed by atoms with van der Waals surface area (Å²) >= 11 is 0. The number of ether oxygens (including phenoxy) is 1. The standard InChI is InChI=1S/C22H26N4O4/c1-4-22(17-8-6-5-7-9-17)20(28)26(21(29)23-22)24-19(27)15-25(2)14-16-10-12-18(30-3)13-11-16/h5-13H,4,14-15H2,1-3H3,(H,23,29)(H,24,27). The van der Waals surface area contributed by atoms with Crippen LogP contribution in [-0.2, 0) is 21.7 Å². The molecular formula is C22H26N4O4. The smallest absolute Gasteiger partial charge is 0.344 e. The van der Waals surface area contributed by atoms with Crippen molar-refractivity contribution >= 4 is 17.8 Å². The van der Waals surface area contributed by atoms with E-state index in [4.69, 9.17) is 4.74 Å². The van der Waals surface area contributed by atoms with Crippen molar-refractivity contribution in [3.8, 4) is 5.75 Å². The molecule has 0 aromatic heterocycles. The summed E-state index contributed by atoms with van der Waals surface area (Å²) in [6.45, 7) is 2.37. The van der Waals surface area contributed by atoms with E-state index in [1.165, 1.54) is 0 Å². The van der Waals surface area contributed by atoms with Crippen LogP contribution in [0.5, 0.6) is 5.75 Å².